The Morgan fingerprint density at radius 2 is 1.80 bits per heavy atom. The van der Waals surface area contributed by atoms with Crippen LogP contribution in [0.25, 0.3) is 0 Å². The molecule has 1 amide bonds. The Balaban J connectivity index is 1.39. The lowest BCUT2D eigenvalue weighted by molar-refractivity contribution is -0.0222. The van der Waals surface area contributed by atoms with Gasteiger partial charge in [0.25, 0.3) is 11.8 Å². The zero-order valence-corrected chi connectivity index (χ0v) is 20.1. The summed E-state index contributed by atoms with van der Waals surface area (Å²) in [6, 6.07) is 4.39. The van der Waals surface area contributed by atoms with Crippen molar-refractivity contribution >= 4 is 29.0 Å². The van der Waals surface area contributed by atoms with Crippen molar-refractivity contribution in [3.8, 4) is 0 Å². The van der Waals surface area contributed by atoms with E-state index in [1.54, 1.807) is 24.0 Å². The zero-order valence-electron chi connectivity index (χ0n) is 20.1. The number of alkyl halides is 2. The molecule has 3 fully saturated rings. The van der Waals surface area contributed by atoms with E-state index in [-0.39, 0.29) is 48.9 Å². The van der Waals surface area contributed by atoms with Crippen molar-refractivity contribution in [3.63, 3.8) is 0 Å². The Hall–Kier alpha value is -3.04. The van der Waals surface area contributed by atoms with Gasteiger partial charge in [0.1, 0.15) is 11.6 Å². The molecule has 2 atom stereocenters. The number of aryl methyl sites for hydroxylation is 1. The van der Waals surface area contributed by atoms with Gasteiger partial charge in [-0.3, -0.25) is 4.79 Å². The molecule has 3 N–H and O–H groups in total. The molecule has 1 aromatic carbocycles. The average Bonchev–Trinajstić information content (AvgIpc) is 2.76. The van der Waals surface area contributed by atoms with Gasteiger partial charge in [0.15, 0.2) is 0 Å². The number of hydrogen-bond donors (Lipinski definition) is 2. The summed E-state index contributed by atoms with van der Waals surface area (Å²) in [5.74, 6) is -3.03. The molecule has 3 aliphatic rings. The number of rotatable bonds is 4. The minimum Gasteiger partial charge on any atom is -0.399 e. The largest absolute Gasteiger partial charge is 0.399 e. The van der Waals surface area contributed by atoms with Crippen LogP contribution in [0, 0.1) is 24.1 Å². The number of nitrogens with zero attached hydrogens (tertiary/aromatic N) is 4. The molecule has 1 aliphatic carbocycles. The van der Waals surface area contributed by atoms with E-state index in [0.717, 1.165) is 32.0 Å². The van der Waals surface area contributed by atoms with Crippen molar-refractivity contribution < 1.29 is 18.0 Å². The van der Waals surface area contributed by atoms with Crippen molar-refractivity contribution in [2.75, 3.05) is 47.0 Å². The predicted molar refractivity (Wildman–Crippen MR) is 130 cm³/mol. The van der Waals surface area contributed by atoms with Gasteiger partial charge in [0, 0.05) is 56.5 Å². The maximum atomic E-state index is 15.1. The number of carbonyl (C=O) groups is 1. The van der Waals surface area contributed by atoms with Gasteiger partial charge >= 0.3 is 0 Å². The summed E-state index contributed by atoms with van der Waals surface area (Å²) in [6.45, 7) is 5.76. The Kier molecular flexibility index (Phi) is 5.80. The van der Waals surface area contributed by atoms with Gasteiger partial charge in [-0.05, 0) is 49.7 Å². The highest BCUT2D eigenvalue weighted by atomic mass is 19.3. The number of amides is 1. The molecule has 0 radical (unpaired) electrons. The SMILES string of the molecule is Cc1cc(NC(=O)c2c(F)cc(N)cc2N2CC[C@]3(C)CC[C@@H]3C2)nc(N2CCC(F)(F)CC2)n1. The fraction of sp³-hybridized carbons (Fsp3) is 0.560. The van der Waals surface area contributed by atoms with Crippen LogP contribution in [0.5, 0.6) is 0 Å². The van der Waals surface area contributed by atoms with Crippen LogP contribution >= 0.6 is 0 Å². The average molecular weight is 489 g/mol. The van der Waals surface area contributed by atoms with Crippen LogP contribution < -0.4 is 20.9 Å². The number of halogens is 3. The molecule has 188 valence electrons. The van der Waals surface area contributed by atoms with Crippen LogP contribution in [-0.4, -0.2) is 48.0 Å². The van der Waals surface area contributed by atoms with Gasteiger partial charge in [0.05, 0.1) is 11.3 Å². The predicted octanol–water partition coefficient (Wildman–Crippen LogP) is 4.62. The number of nitrogens with two attached hydrogens (primary N) is 1. The van der Waals surface area contributed by atoms with Gasteiger partial charge in [-0.25, -0.2) is 18.2 Å². The lowest BCUT2D eigenvalue weighted by Crippen LogP contribution is -2.52. The summed E-state index contributed by atoms with van der Waals surface area (Å²) >= 11 is 0. The summed E-state index contributed by atoms with van der Waals surface area (Å²) in [4.78, 5) is 25.8. The van der Waals surface area contributed by atoms with Crippen LogP contribution in [0.15, 0.2) is 18.2 Å². The van der Waals surface area contributed by atoms with Gasteiger partial charge in [-0.15, -0.1) is 0 Å². The number of hydrogen-bond acceptors (Lipinski definition) is 6. The molecule has 1 aromatic heterocycles. The first-order valence-corrected chi connectivity index (χ1v) is 12.2. The number of aromatic nitrogens is 2. The number of anilines is 4. The fourth-order valence-electron chi connectivity index (χ4n) is 5.51. The van der Waals surface area contributed by atoms with E-state index in [4.69, 9.17) is 5.73 Å². The monoisotopic (exact) mass is 488 g/mol. The molecule has 2 aliphatic heterocycles. The van der Waals surface area contributed by atoms with E-state index in [2.05, 4.69) is 27.1 Å². The van der Waals surface area contributed by atoms with Crippen molar-refractivity contribution in [1.82, 2.24) is 9.97 Å². The van der Waals surface area contributed by atoms with Gasteiger partial charge in [-0.2, -0.15) is 4.98 Å². The number of nitrogens with one attached hydrogen (secondary N) is 1. The van der Waals surface area contributed by atoms with E-state index in [9.17, 15) is 13.6 Å². The normalized spacial score (nSPS) is 25.6. The quantitative estimate of drug-likeness (QED) is 0.611. The number of piperidine rings is 2. The van der Waals surface area contributed by atoms with Crippen molar-refractivity contribution in [2.24, 2.45) is 11.3 Å². The first-order chi connectivity index (χ1) is 16.5. The van der Waals surface area contributed by atoms with Crippen LogP contribution in [-0.2, 0) is 0 Å². The topological polar surface area (TPSA) is 87.4 Å². The second-order valence-electron chi connectivity index (χ2n) is 10.5. The smallest absolute Gasteiger partial charge is 0.261 e. The van der Waals surface area contributed by atoms with Crippen molar-refractivity contribution in [2.45, 2.75) is 51.9 Å². The lowest BCUT2D eigenvalue weighted by atomic mass is 9.58. The molecule has 35 heavy (non-hydrogen) atoms. The molecule has 0 bridgehead atoms. The molecule has 3 heterocycles. The van der Waals surface area contributed by atoms with Gasteiger partial charge in [-0.1, -0.05) is 6.92 Å². The van der Waals surface area contributed by atoms with Crippen LogP contribution in [0.2, 0.25) is 0 Å². The maximum Gasteiger partial charge on any atom is 0.261 e. The molecule has 1 saturated carbocycles. The second kappa shape index (κ2) is 8.57. The Bertz CT molecular complexity index is 1150. The molecular weight excluding hydrogens is 457 g/mol. The molecule has 5 rings (SSSR count). The third-order valence-corrected chi connectivity index (χ3v) is 7.96. The van der Waals surface area contributed by atoms with E-state index in [1.165, 1.54) is 6.42 Å². The third kappa shape index (κ3) is 4.62. The van der Waals surface area contributed by atoms with E-state index in [0.29, 0.717) is 22.7 Å². The first kappa shape index (κ1) is 23.7. The Morgan fingerprint density at radius 3 is 2.46 bits per heavy atom. The summed E-state index contributed by atoms with van der Waals surface area (Å²) in [6.07, 6.45) is 2.77. The highest BCUT2D eigenvalue weighted by Crippen LogP contribution is 2.52. The highest BCUT2D eigenvalue weighted by Gasteiger charge is 2.46. The van der Waals surface area contributed by atoms with Crippen LogP contribution in [0.1, 0.15) is 55.1 Å². The molecular formula is C25H31F3N6O. The third-order valence-electron chi connectivity index (χ3n) is 7.96. The first-order valence-electron chi connectivity index (χ1n) is 12.2. The summed E-state index contributed by atoms with van der Waals surface area (Å²) in [5, 5.41) is 2.70. The fourth-order valence-corrected chi connectivity index (χ4v) is 5.51. The summed E-state index contributed by atoms with van der Waals surface area (Å²) < 4.78 is 42.3. The maximum absolute atomic E-state index is 15.1. The second-order valence-corrected chi connectivity index (χ2v) is 10.5. The lowest BCUT2D eigenvalue weighted by Gasteiger charge is -2.54. The van der Waals surface area contributed by atoms with Gasteiger partial charge < -0.3 is 20.9 Å². The summed E-state index contributed by atoms with van der Waals surface area (Å²) in [5.41, 5.74) is 7.52. The van der Waals surface area contributed by atoms with E-state index >= 15 is 4.39 Å². The molecule has 0 spiro atoms. The number of benzene rings is 1. The Morgan fingerprint density at radius 1 is 1.09 bits per heavy atom. The standard InChI is InChI=1S/C25H31F3N6O/c1-15-11-20(32-23(30-15)33-9-6-25(27,28)7-10-33)31-22(35)21-18(26)12-17(29)13-19(21)34-8-5-24(2)4-3-16(24)14-34/h11-13,16H,3-10,14,29H2,1-2H3,(H,30,31,32,35)/t16-,24+/m1/s1. The molecule has 0 unspecified atom stereocenters. The summed E-state index contributed by atoms with van der Waals surface area (Å²) in [7, 11) is 0. The van der Waals surface area contributed by atoms with Crippen molar-refractivity contribution in [3.05, 3.63) is 35.3 Å². The zero-order chi connectivity index (χ0) is 25.0. The van der Waals surface area contributed by atoms with Gasteiger partial charge in [0.2, 0.25) is 5.95 Å². The molecule has 2 saturated heterocycles. The molecule has 2 aromatic rings. The minimum absolute atomic E-state index is 0.0717. The highest BCUT2D eigenvalue weighted by molar-refractivity contribution is 6.08. The van der Waals surface area contributed by atoms with E-state index in [1.807, 2.05) is 0 Å². The number of fused-ring (bicyclic) bond motifs is 1. The molecule has 7 nitrogen and oxygen atoms in total. The van der Waals surface area contributed by atoms with Crippen molar-refractivity contribution in [1.29, 1.82) is 0 Å². The van der Waals surface area contributed by atoms with Crippen LogP contribution in [0.4, 0.5) is 36.3 Å². The Labute approximate surface area is 202 Å². The van der Waals surface area contributed by atoms with Crippen LogP contribution in [0.3, 0.4) is 0 Å². The molecule has 10 heteroatoms. The number of carbonyl (C=O) groups excluding carboxylic acids is 1. The number of nitrogen functional groups attached to an aromatic ring is 1. The van der Waals surface area contributed by atoms with E-state index < -0.39 is 17.6 Å². The minimum atomic E-state index is -2.69.